The van der Waals surface area contributed by atoms with Crippen LogP contribution in [0.3, 0.4) is 0 Å². The summed E-state index contributed by atoms with van der Waals surface area (Å²) in [6.07, 6.45) is 1.86. The van der Waals surface area contributed by atoms with Crippen molar-refractivity contribution in [3.8, 4) is 0 Å². The largest absolute Gasteiger partial charge is 0.343 e. The molecule has 0 radical (unpaired) electrons. The molecule has 2 aromatic carbocycles. The molecule has 0 atom stereocenters. The Balaban J connectivity index is 1.50. The van der Waals surface area contributed by atoms with Crippen LogP contribution in [0.2, 0.25) is 0 Å². The lowest BCUT2D eigenvalue weighted by atomic mass is 9.87. The van der Waals surface area contributed by atoms with Crippen LogP contribution < -0.4 is 16.0 Å². The highest BCUT2D eigenvalue weighted by Crippen LogP contribution is 2.30. The third kappa shape index (κ3) is 5.91. The van der Waals surface area contributed by atoms with Gasteiger partial charge in [-0.3, -0.25) is 14.4 Å². The van der Waals surface area contributed by atoms with Crippen molar-refractivity contribution in [2.75, 3.05) is 17.2 Å². The summed E-state index contributed by atoms with van der Waals surface area (Å²) in [5.41, 5.74) is 2.87. The fourth-order valence-corrected chi connectivity index (χ4v) is 2.85. The minimum Gasteiger partial charge on any atom is -0.343 e. The predicted octanol–water partition coefficient (Wildman–Crippen LogP) is 3.70. The summed E-state index contributed by atoms with van der Waals surface area (Å²) >= 11 is 0. The van der Waals surface area contributed by atoms with Gasteiger partial charge in [0.05, 0.1) is 6.54 Å². The van der Waals surface area contributed by atoms with Crippen LogP contribution in [0.5, 0.6) is 0 Å². The molecule has 6 heteroatoms. The van der Waals surface area contributed by atoms with Crippen molar-refractivity contribution in [2.24, 2.45) is 5.92 Å². The highest BCUT2D eigenvalue weighted by Gasteiger charge is 2.29. The third-order valence-corrected chi connectivity index (χ3v) is 4.78. The summed E-state index contributed by atoms with van der Waals surface area (Å²) in [5, 5.41) is 8.20. The van der Waals surface area contributed by atoms with Crippen molar-refractivity contribution in [1.82, 2.24) is 5.32 Å². The summed E-state index contributed by atoms with van der Waals surface area (Å²) in [7, 11) is 0. The predicted molar refractivity (Wildman–Crippen MR) is 114 cm³/mol. The molecule has 152 valence electrons. The van der Waals surface area contributed by atoms with Crippen molar-refractivity contribution in [3.05, 3.63) is 59.7 Å². The molecule has 0 spiro atoms. The van der Waals surface area contributed by atoms with E-state index >= 15 is 0 Å². The van der Waals surface area contributed by atoms with Gasteiger partial charge < -0.3 is 16.0 Å². The second kappa shape index (κ2) is 8.47. The topological polar surface area (TPSA) is 87.3 Å². The minimum atomic E-state index is -0.338. The fourth-order valence-electron chi connectivity index (χ4n) is 2.85. The van der Waals surface area contributed by atoms with Crippen LogP contribution in [0.1, 0.15) is 49.5 Å². The maximum absolute atomic E-state index is 12.3. The standard InChI is InChI=1S/C23H27N3O3/c1-23(2,3)17-11-9-15(10-12-17)21(28)24-14-20(27)25-18-5-4-6-19(13-18)26-22(29)16-7-8-16/h4-6,9-13,16H,7-8,14H2,1-3H3,(H,24,28)(H,25,27)(H,26,29). The van der Waals surface area contributed by atoms with E-state index in [2.05, 4.69) is 36.7 Å². The number of hydrogen-bond acceptors (Lipinski definition) is 3. The highest BCUT2D eigenvalue weighted by molar-refractivity contribution is 6.00. The van der Waals surface area contributed by atoms with Crippen molar-refractivity contribution >= 4 is 29.1 Å². The van der Waals surface area contributed by atoms with Gasteiger partial charge in [-0.25, -0.2) is 0 Å². The summed E-state index contributed by atoms with van der Waals surface area (Å²) < 4.78 is 0. The Hall–Kier alpha value is -3.15. The molecule has 0 heterocycles. The molecule has 0 unspecified atom stereocenters. The van der Waals surface area contributed by atoms with Crippen LogP contribution in [-0.2, 0) is 15.0 Å². The molecule has 0 bridgehead atoms. The normalized spacial score (nSPS) is 13.5. The zero-order valence-electron chi connectivity index (χ0n) is 17.0. The number of amides is 3. The van der Waals surface area contributed by atoms with Gasteiger partial charge in [-0.05, 0) is 54.2 Å². The van der Waals surface area contributed by atoms with Gasteiger partial charge in [0.2, 0.25) is 11.8 Å². The Morgan fingerprint density at radius 1 is 0.931 bits per heavy atom. The van der Waals surface area contributed by atoms with E-state index in [-0.39, 0.29) is 35.6 Å². The highest BCUT2D eigenvalue weighted by atomic mass is 16.2. The van der Waals surface area contributed by atoms with Crippen LogP contribution in [0.15, 0.2) is 48.5 Å². The monoisotopic (exact) mass is 393 g/mol. The van der Waals surface area contributed by atoms with Gasteiger partial charge >= 0.3 is 0 Å². The molecule has 1 aliphatic carbocycles. The van der Waals surface area contributed by atoms with E-state index < -0.39 is 0 Å². The molecule has 0 aromatic heterocycles. The smallest absolute Gasteiger partial charge is 0.251 e. The third-order valence-electron chi connectivity index (χ3n) is 4.78. The Bertz CT molecular complexity index is 910. The van der Waals surface area contributed by atoms with Gasteiger partial charge in [-0.1, -0.05) is 39.0 Å². The first-order valence-electron chi connectivity index (χ1n) is 9.82. The van der Waals surface area contributed by atoms with Crippen molar-refractivity contribution in [1.29, 1.82) is 0 Å². The maximum Gasteiger partial charge on any atom is 0.251 e. The lowest BCUT2D eigenvalue weighted by molar-refractivity contribution is -0.117. The second-order valence-corrected chi connectivity index (χ2v) is 8.40. The van der Waals surface area contributed by atoms with Crippen LogP contribution in [0.4, 0.5) is 11.4 Å². The molecule has 3 rings (SSSR count). The lowest BCUT2D eigenvalue weighted by Gasteiger charge is -2.19. The van der Waals surface area contributed by atoms with Crippen molar-refractivity contribution < 1.29 is 14.4 Å². The maximum atomic E-state index is 12.3. The quantitative estimate of drug-likeness (QED) is 0.699. The Morgan fingerprint density at radius 3 is 2.14 bits per heavy atom. The minimum absolute atomic E-state index is 0.0122. The molecule has 1 fully saturated rings. The number of rotatable bonds is 6. The second-order valence-electron chi connectivity index (χ2n) is 8.40. The van der Waals surface area contributed by atoms with Crippen LogP contribution >= 0.6 is 0 Å². The molecule has 6 nitrogen and oxygen atoms in total. The number of anilines is 2. The fraction of sp³-hybridized carbons (Fsp3) is 0.348. The van der Waals surface area contributed by atoms with E-state index in [0.29, 0.717) is 16.9 Å². The van der Waals surface area contributed by atoms with Gasteiger partial charge in [-0.15, -0.1) is 0 Å². The van der Waals surface area contributed by atoms with Crippen LogP contribution in [-0.4, -0.2) is 24.3 Å². The van der Waals surface area contributed by atoms with Crippen molar-refractivity contribution in [3.63, 3.8) is 0 Å². The first kappa shape index (κ1) is 20.6. The van der Waals surface area contributed by atoms with E-state index in [1.165, 1.54) is 0 Å². The average molecular weight is 393 g/mol. The van der Waals surface area contributed by atoms with E-state index in [0.717, 1.165) is 18.4 Å². The number of hydrogen-bond donors (Lipinski definition) is 3. The molecular formula is C23H27N3O3. The number of carbonyl (C=O) groups is 3. The Morgan fingerprint density at radius 2 is 1.55 bits per heavy atom. The van der Waals surface area contributed by atoms with Crippen molar-refractivity contribution in [2.45, 2.75) is 39.0 Å². The van der Waals surface area contributed by atoms with E-state index in [4.69, 9.17) is 0 Å². The number of carbonyl (C=O) groups excluding carboxylic acids is 3. The first-order valence-corrected chi connectivity index (χ1v) is 9.82. The van der Waals surface area contributed by atoms with E-state index in [1.807, 2.05) is 12.1 Å². The van der Waals surface area contributed by atoms with E-state index in [9.17, 15) is 14.4 Å². The molecular weight excluding hydrogens is 366 g/mol. The number of benzene rings is 2. The van der Waals surface area contributed by atoms with Gasteiger partial charge in [0.25, 0.3) is 5.91 Å². The Kier molecular flexibility index (Phi) is 6.01. The molecule has 0 saturated heterocycles. The van der Waals surface area contributed by atoms with Gasteiger partial charge in [0.1, 0.15) is 0 Å². The molecule has 1 aliphatic rings. The molecule has 0 aliphatic heterocycles. The SMILES string of the molecule is CC(C)(C)c1ccc(C(=O)NCC(=O)Nc2cccc(NC(=O)C3CC3)c2)cc1. The zero-order valence-corrected chi connectivity index (χ0v) is 17.0. The lowest BCUT2D eigenvalue weighted by Crippen LogP contribution is -2.32. The summed E-state index contributed by atoms with van der Waals surface area (Å²) in [6, 6.07) is 14.3. The molecule has 2 aromatic rings. The van der Waals surface area contributed by atoms with Crippen LogP contribution in [0.25, 0.3) is 0 Å². The summed E-state index contributed by atoms with van der Waals surface area (Å²) in [4.78, 5) is 36.3. The molecule has 3 N–H and O–H groups in total. The molecule has 1 saturated carbocycles. The van der Waals surface area contributed by atoms with E-state index in [1.54, 1.807) is 36.4 Å². The van der Waals surface area contributed by atoms with Gasteiger partial charge in [-0.2, -0.15) is 0 Å². The zero-order chi connectivity index (χ0) is 21.0. The average Bonchev–Trinajstić information content (AvgIpc) is 3.51. The van der Waals surface area contributed by atoms with Gasteiger partial charge in [0.15, 0.2) is 0 Å². The molecule has 29 heavy (non-hydrogen) atoms. The van der Waals surface area contributed by atoms with Crippen LogP contribution in [0, 0.1) is 5.92 Å². The summed E-state index contributed by atoms with van der Waals surface area (Å²) in [5.74, 6) is -0.513. The Labute approximate surface area is 171 Å². The molecule has 3 amide bonds. The number of nitrogens with one attached hydrogen (secondary N) is 3. The van der Waals surface area contributed by atoms with Gasteiger partial charge in [0, 0.05) is 22.9 Å². The first-order chi connectivity index (χ1) is 13.7. The summed E-state index contributed by atoms with van der Waals surface area (Å²) in [6.45, 7) is 6.19.